The van der Waals surface area contributed by atoms with E-state index in [0.717, 1.165) is 11.6 Å². The molecule has 0 aliphatic carbocycles. The molecule has 0 aliphatic heterocycles. The fourth-order valence-electron chi connectivity index (χ4n) is 4.22. The lowest BCUT2D eigenvalue weighted by molar-refractivity contribution is -0.140. The molecule has 0 radical (unpaired) electrons. The molecule has 0 fully saturated rings. The van der Waals surface area contributed by atoms with Crippen molar-refractivity contribution in [2.45, 2.75) is 58.5 Å². The number of oxazole rings is 1. The van der Waals surface area contributed by atoms with Crippen molar-refractivity contribution >= 4 is 34.5 Å². The summed E-state index contributed by atoms with van der Waals surface area (Å²) >= 11 is 5.95. The molecule has 13 heteroatoms. The van der Waals surface area contributed by atoms with Crippen molar-refractivity contribution in [1.29, 1.82) is 0 Å². The largest absolute Gasteiger partial charge is 0.494 e. The van der Waals surface area contributed by atoms with Gasteiger partial charge in [0.15, 0.2) is 11.5 Å². The molecule has 0 bridgehead atoms. The highest BCUT2D eigenvalue weighted by atomic mass is 35.5. The molecule has 9 nitrogen and oxygen atoms in total. The Bertz CT molecular complexity index is 1630. The van der Waals surface area contributed by atoms with Crippen molar-refractivity contribution < 1.29 is 36.7 Å². The summed E-state index contributed by atoms with van der Waals surface area (Å²) in [5.74, 6) is -0.513. The molecule has 1 atom stereocenters. The maximum Gasteiger partial charge on any atom is 0.433 e. The quantitative estimate of drug-likeness (QED) is 0.210. The van der Waals surface area contributed by atoms with Gasteiger partial charge in [-0.05, 0) is 69.2 Å². The van der Waals surface area contributed by atoms with Gasteiger partial charge in [0, 0.05) is 22.5 Å². The van der Waals surface area contributed by atoms with Crippen LogP contribution in [-0.2, 0) is 17.5 Å². The zero-order valence-electron chi connectivity index (χ0n) is 24.1. The molecule has 0 unspecified atom stereocenters. The monoisotopic (exact) mass is 618 g/mol. The van der Waals surface area contributed by atoms with E-state index in [9.17, 15) is 22.8 Å². The first-order valence-corrected chi connectivity index (χ1v) is 13.7. The van der Waals surface area contributed by atoms with Crippen LogP contribution in [0.2, 0.25) is 5.02 Å². The van der Waals surface area contributed by atoms with Gasteiger partial charge >= 0.3 is 12.3 Å². The topological polar surface area (TPSA) is 116 Å². The van der Waals surface area contributed by atoms with Crippen LogP contribution < -0.4 is 15.4 Å². The smallest absolute Gasteiger partial charge is 0.433 e. The maximum atomic E-state index is 13.4. The summed E-state index contributed by atoms with van der Waals surface area (Å²) in [5.41, 5.74) is -1.02. The number of fused-ring (bicyclic) bond motifs is 1. The number of ether oxygens (including phenoxy) is 2. The molecule has 2 aromatic heterocycles. The van der Waals surface area contributed by atoms with Crippen molar-refractivity contribution in [2.24, 2.45) is 0 Å². The number of alkyl halides is 3. The number of aromatic nitrogens is 2. The summed E-state index contributed by atoms with van der Waals surface area (Å²) in [5, 5.41) is 6.29. The Balaban J connectivity index is 1.79. The zero-order chi connectivity index (χ0) is 31.5. The van der Waals surface area contributed by atoms with E-state index in [4.69, 9.17) is 25.5 Å². The summed E-state index contributed by atoms with van der Waals surface area (Å²) in [4.78, 5) is 34.3. The minimum absolute atomic E-state index is 0.0424. The average molecular weight is 619 g/mol. The number of benzene rings is 2. The van der Waals surface area contributed by atoms with E-state index in [1.54, 1.807) is 58.0 Å². The predicted octanol–water partition coefficient (Wildman–Crippen LogP) is 7.48. The third-order valence-corrected chi connectivity index (χ3v) is 6.46. The number of nitrogens with zero attached hydrogens (tertiary/aromatic N) is 2. The van der Waals surface area contributed by atoms with E-state index in [2.05, 4.69) is 20.6 Å². The van der Waals surface area contributed by atoms with Crippen LogP contribution in [0.5, 0.6) is 5.75 Å². The second kappa shape index (κ2) is 12.5. The third kappa shape index (κ3) is 7.56. The Hall–Kier alpha value is -4.32. The van der Waals surface area contributed by atoms with E-state index < -0.39 is 35.5 Å². The number of alkyl carbamates (subject to hydrolysis) is 1. The molecular weight excluding hydrogens is 589 g/mol. The van der Waals surface area contributed by atoms with Crippen LogP contribution in [0.1, 0.15) is 67.7 Å². The van der Waals surface area contributed by atoms with Crippen LogP contribution in [0.4, 0.5) is 18.0 Å². The standard InChI is InChI=1S/C30H30ClF3N4O5/c1-6-20(36-28(40)43-29(2,3)4)25-24(26(39)35-15-16-7-9-17(31)10-8-16)38-27(42-25)19-11-13-21(41-5)23-18(19)12-14-22(37-23)30(32,33)34/h7-14,20H,6,15H2,1-5H3,(H,35,39)(H,36,40)/t20-/m0/s1. The van der Waals surface area contributed by atoms with Crippen molar-refractivity contribution in [2.75, 3.05) is 7.11 Å². The first-order chi connectivity index (χ1) is 20.2. The molecule has 0 saturated carbocycles. The Morgan fingerprint density at radius 2 is 1.72 bits per heavy atom. The molecule has 228 valence electrons. The molecule has 4 aromatic rings. The summed E-state index contributed by atoms with van der Waals surface area (Å²) in [6.45, 7) is 7.04. The molecule has 43 heavy (non-hydrogen) atoms. The number of halogens is 4. The number of hydrogen-bond donors (Lipinski definition) is 2. The highest BCUT2D eigenvalue weighted by molar-refractivity contribution is 6.30. The first-order valence-electron chi connectivity index (χ1n) is 13.3. The number of pyridine rings is 1. The van der Waals surface area contributed by atoms with Crippen LogP contribution >= 0.6 is 11.6 Å². The van der Waals surface area contributed by atoms with Gasteiger partial charge < -0.3 is 24.5 Å². The first kappa shape index (κ1) is 31.6. The number of carbonyl (C=O) groups excluding carboxylic acids is 2. The molecule has 4 rings (SSSR count). The van der Waals surface area contributed by atoms with Crippen molar-refractivity contribution in [1.82, 2.24) is 20.6 Å². The molecule has 0 saturated heterocycles. The fourth-order valence-corrected chi connectivity index (χ4v) is 4.34. The second-order valence-corrected chi connectivity index (χ2v) is 11.0. The highest BCUT2D eigenvalue weighted by Gasteiger charge is 2.34. The van der Waals surface area contributed by atoms with Gasteiger partial charge in [0.25, 0.3) is 5.91 Å². The molecular formula is C30H30ClF3N4O5. The lowest BCUT2D eigenvalue weighted by atomic mass is 10.1. The van der Waals surface area contributed by atoms with Gasteiger partial charge in [-0.1, -0.05) is 30.7 Å². The zero-order valence-corrected chi connectivity index (χ0v) is 24.8. The highest BCUT2D eigenvalue weighted by Crippen LogP contribution is 2.38. The molecule has 2 N–H and O–H groups in total. The van der Waals surface area contributed by atoms with E-state index in [1.165, 1.54) is 19.2 Å². The summed E-state index contributed by atoms with van der Waals surface area (Å²) in [7, 11) is 1.32. The number of methoxy groups -OCH3 is 1. The summed E-state index contributed by atoms with van der Waals surface area (Å²) < 4.78 is 57.1. The minimum atomic E-state index is -4.68. The molecule has 0 aliphatic rings. The van der Waals surface area contributed by atoms with Gasteiger partial charge in [-0.2, -0.15) is 13.2 Å². The lowest BCUT2D eigenvalue weighted by Crippen LogP contribution is -2.35. The van der Waals surface area contributed by atoms with Crippen molar-refractivity contribution in [3.63, 3.8) is 0 Å². The van der Waals surface area contributed by atoms with E-state index in [1.807, 2.05) is 0 Å². The van der Waals surface area contributed by atoms with Crippen LogP contribution in [0.15, 0.2) is 52.9 Å². The SMILES string of the molecule is CC[C@H](NC(=O)OC(C)(C)C)c1oc(-c2ccc(OC)c3nc(C(F)(F)F)ccc23)nc1C(=O)NCc1ccc(Cl)cc1. The summed E-state index contributed by atoms with van der Waals surface area (Å²) in [6, 6.07) is 11.1. The number of rotatable bonds is 8. The predicted molar refractivity (Wildman–Crippen MR) is 154 cm³/mol. The Morgan fingerprint density at radius 3 is 2.33 bits per heavy atom. The van der Waals surface area contributed by atoms with Gasteiger partial charge in [0.05, 0.1) is 13.2 Å². The summed E-state index contributed by atoms with van der Waals surface area (Å²) in [6.07, 6.45) is -5.11. The van der Waals surface area contributed by atoms with Gasteiger partial charge in [-0.3, -0.25) is 4.79 Å². The second-order valence-electron chi connectivity index (χ2n) is 10.6. The van der Waals surface area contributed by atoms with Crippen LogP contribution in [-0.4, -0.2) is 34.7 Å². The Kier molecular flexibility index (Phi) is 9.19. The average Bonchev–Trinajstić information content (AvgIpc) is 3.38. The maximum absolute atomic E-state index is 13.4. The lowest BCUT2D eigenvalue weighted by Gasteiger charge is -2.22. The van der Waals surface area contributed by atoms with Gasteiger partial charge in [0.2, 0.25) is 5.89 Å². The fraction of sp³-hybridized carbons (Fsp3) is 0.333. The van der Waals surface area contributed by atoms with E-state index >= 15 is 0 Å². The van der Waals surface area contributed by atoms with Crippen molar-refractivity contribution in [3.05, 3.63) is 76.3 Å². The van der Waals surface area contributed by atoms with Gasteiger partial charge in [-0.25, -0.2) is 14.8 Å². The Morgan fingerprint density at radius 1 is 1.02 bits per heavy atom. The third-order valence-electron chi connectivity index (χ3n) is 6.21. The van der Waals surface area contributed by atoms with E-state index in [0.29, 0.717) is 11.4 Å². The van der Waals surface area contributed by atoms with Crippen LogP contribution in [0, 0.1) is 0 Å². The van der Waals surface area contributed by atoms with E-state index in [-0.39, 0.29) is 46.1 Å². The number of amides is 2. The van der Waals surface area contributed by atoms with Crippen LogP contribution in [0.25, 0.3) is 22.4 Å². The minimum Gasteiger partial charge on any atom is -0.494 e. The normalized spacial score (nSPS) is 12.6. The van der Waals surface area contributed by atoms with Gasteiger partial charge in [-0.15, -0.1) is 0 Å². The Labute approximate surface area is 250 Å². The molecule has 2 amide bonds. The molecule has 0 spiro atoms. The van der Waals surface area contributed by atoms with Crippen LogP contribution in [0.3, 0.4) is 0 Å². The van der Waals surface area contributed by atoms with Gasteiger partial charge in [0.1, 0.15) is 22.6 Å². The number of nitrogens with one attached hydrogen (secondary N) is 2. The molecule has 2 aromatic carbocycles. The van der Waals surface area contributed by atoms with Crippen molar-refractivity contribution in [3.8, 4) is 17.2 Å². The number of hydrogen-bond acceptors (Lipinski definition) is 7. The number of carbonyl (C=O) groups is 2. The molecule has 2 heterocycles.